The van der Waals surface area contributed by atoms with Gasteiger partial charge in [0, 0.05) is 24.7 Å². The largest absolute Gasteiger partial charge is 0.504 e. The Bertz CT molecular complexity index is 904. The normalized spacial score (nSPS) is 11.5. The summed E-state index contributed by atoms with van der Waals surface area (Å²) in [5.41, 5.74) is 3.86. The highest BCUT2D eigenvalue weighted by Gasteiger charge is 2.15. The van der Waals surface area contributed by atoms with E-state index in [9.17, 15) is 9.90 Å². The van der Waals surface area contributed by atoms with E-state index in [0.29, 0.717) is 17.4 Å². The number of aryl methyl sites for hydroxylation is 1. The number of hydrogen-bond donors (Lipinski definition) is 2. The maximum Gasteiger partial charge on any atom is 0.297 e. The first-order valence-corrected chi connectivity index (χ1v) is 8.77. The molecule has 140 valence electrons. The Kier molecular flexibility index (Phi) is 6.50. The number of aromatic hydroxyl groups is 1. The lowest BCUT2D eigenvalue weighted by molar-refractivity contribution is 0.368. The van der Waals surface area contributed by atoms with E-state index in [2.05, 4.69) is 38.2 Å². The van der Waals surface area contributed by atoms with E-state index in [4.69, 9.17) is 4.74 Å². The first kappa shape index (κ1) is 19.6. The van der Waals surface area contributed by atoms with Gasteiger partial charge in [-0.15, -0.1) is 0 Å². The average molecular weight is 356 g/mol. The smallest absolute Gasteiger partial charge is 0.297 e. The van der Waals surface area contributed by atoms with Gasteiger partial charge in [0.1, 0.15) is 0 Å². The van der Waals surface area contributed by atoms with Gasteiger partial charge >= 0.3 is 0 Å². The van der Waals surface area contributed by atoms with Gasteiger partial charge in [0.05, 0.1) is 12.6 Å². The highest BCUT2D eigenvalue weighted by molar-refractivity contribution is 5.90. The summed E-state index contributed by atoms with van der Waals surface area (Å²) in [7, 11) is 3.05. The van der Waals surface area contributed by atoms with Crippen molar-refractivity contribution < 1.29 is 9.84 Å². The monoisotopic (exact) mass is 356 g/mol. The topological polar surface area (TPSA) is 63.5 Å². The van der Waals surface area contributed by atoms with Crippen molar-refractivity contribution in [1.29, 1.82) is 0 Å². The maximum absolute atomic E-state index is 12.1. The fourth-order valence-electron chi connectivity index (χ4n) is 2.83. The van der Waals surface area contributed by atoms with Gasteiger partial charge in [-0.25, -0.2) is 0 Å². The molecule has 2 N–H and O–H groups in total. The van der Waals surface area contributed by atoms with Crippen LogP contribution in [-0.2, 0) is 7.05 Å². The molecule has 0 bridgehead atoms. The second kappa shape index (κ2) is 8.61. The predicted molar refractivity (Wildman–Crippen MR) is 108 cm³/mol. The van der Waals surface area contributed by atoms with Crippen molar-refractivity contribution in [1.82, 2.24) is 4.57 Å². The third-order valence-electron chi connectivity index (χ3n) is 4.38. The van der Waals surface area contributed by atoms with E-state index in [1.807, 2.05) is 18.2 Å². The zero-order valence-corrected chi connectivity index (χ0v) is 16.2. The van der Waals surface area contributed by atoms with Gasteiger partial charge in [0.25, 0.3) is 5.56 Å². The molecule has 0 radical (unpaired) electrons. The SMILES string of the molecule is COc1c(O)c2cc(NC/C=C(\C)CCC=C(C)C)ccc2n(C)c1=O. The summed E-state index contributed by atoms with van der Waals surface area (Å²) in [6, 6.07) is 5.56. The van der Waals surface area contributed by atoms with E-state index in [1.54, 1.807) is 7.05 Å². The second-order valence-electron chi connectivity index (χ2n) is 6.73. The molecule has 26 heavy (non-hydrogen) atoms. The van der Waals surface area contributed by atoms with Gasteiger partial charge in [0.2, 0.25) is 5.75 Å². The van der Waals surface area contributed by atoms with Crippen molar-refractivity contribution in [2.45, 2.75) is 33.6 Å². The Hall–Kier alpha value is -2.69. The molecule has 5 heteroatoms. The van der Waals surface area contributed by atoms with E-state index >= 15 is 0 Å². The molecule has 0 aliphatic heterocycles. The summed E-state index contributed by atoms with van der Waals surface area (Å²) in [6.45, 7) is 7.06. The van der Waals surface area contributed by atoms with E-state index in [1.165, 1.54) is 22.8 Å². The molecule has 0 spiro atoms. The molecule has 0 amide bonds. The molecule has 0 aliphatic rings. The minimum atomic E-state index is -0.354. The van der Waals surface area contributed by atoms with Crippen LogP contribution in [0.5, 0.6) is 11.5 Å². The molecular formula is C21H28N2O3. The zero-order chi connectivity index (χ0) is 19.3. The molecule has 0 unspecified atom stereocenters. The summed E-state index contributed by atoms with van der Waals surface area (Å²) < 4.78 is 6.53. The van der Waals surface area contributed by atoms with Crippen molar-refractivity contribution in [3.8, 4) is 11.5 Å². The van der Waals surface area contributed by atoms with Gasteiger partial charge in [-0.3, -0.25) is 4.79 Å². The van der Waals surface area contributed by atoms with E-state index < -0.39 is 0 Å². The molecule has 0 fully saturated rings. The average Bonchev–Trinajstić information content (AvgIpc) is 2.60. The molecule has 0 saturated heterocycles. The molecular weight excluding hydrogens is 328 g/mol. The van der Waals surface area contributed by atoms with Crippen LogP contribution in [0.15, 0.2) is 46.3 Å². The van der Waals surface area contributed by atoms with Crippen LogP contribution in [0.2, 0.25) is 0 Å². The fourth-order valence-corrected chi connectivity index (χ4v) is 2.83. The van der Waals surface area contributed by atoms with Crippen LogP contribution in [0.1, 0.15) is 33.6 Å². The summed E-state index contributed by atoms with van der Waals surface area (Å²) in [6.07, 6.45) is 6.52. The van der Waals surface area contributed by atoms with Crippen LogP contribution >= 0.6 is 0 Å². The molecule has 0 saturated carbocycles. The molecule has 0 atom stereocenters. The number of pyridine rings is 1. The number of methoxy groups -OCH3 is 1. The third kappa shape index (κ3) is 4.48. The number of rotatable bonds is 7. The predicted octanol–water partition coefficient (Wildman–Crippen LogP) is 4.36. The van der Waals surface area contributed by atoms with Gasteiger partial charge in [-0.1, -0.05) is 23.3 Å². The van der Waals surface area contributed by atoms with Crippen molar-refractivity contribution in [3.63, 3.8) is 0 Å². The summed E-state index contributed by atoms with van der Waals surface area (Å²) in [5, 5.41) is 14.3. The highest BCUT2D eigenvalue weighted by atomic mass is 16.5. The second-order valence-corrected chi connectivity index (χ2v) is 6.73. The number of fused-ring (bicyclic) bond motifs is 1. The van der Waals surface area contributed by atoms with Crippen molar-refractivity contribution in [2.75, 3.05) is 19.0 Å². The number of hydrogen-bond acceptors (Lipinski definition) is 4. The third-order valence-corrected chi connectivity index (χ3v) is 4.38. The van der Waals surface area contributed by atoms with Gasteiger partial charge in [-0.2, -0.15) is 0 Å². The number of allylic oxidation sites excluding steroid dienone is 3. The molecule has 2 aromatic rings. The minimum Gasteiger partial charge on any atom is -0.504 e. The molecule has 1 aromatic heterocycles. The molecule has 0 aliphatic carbocycles. The zero-order valence-electron chi connectivity index (χ0n) is 16.2. The lowest BCUT2D eigenvalue weighted by atomic mass is 10.1. The molecule has 1 heterocycles. The summed E-state index contributed by atoms with van der Waals surface area (Å²) >= 11 is 0. The van der Waals surface area contributed by atoms with Crippen molar-refractivity contribution >= 4 is 16.6 Å². The lowest BCUT2D eigenvalue weighted by Crippen LogP contribution is -2.18. The quantitative estimate of drug-likeness (QED) is 0.724. The van der Waals surface area contributed by atoms with Gasteiger partial charge < -0.3 is 19.7 Å². The Balaban J connectivity index is 2.16. The number of nitrogens with one attached hydrogen (secondary N) is 1. The Morgan fingerprint density at radius 3 is 2.65 bits per heavy atom. The summed E-state index contributed by atoms with van der Waals surface area (Å²) in [5.74, 6) is -0.158. The first-order chi connectivity index (χ1) is 12.3. The van der Waals surface area contributed by atoms with E-state index in [-0.39, 0.29) is 17.1 Å². The number of anilines is 1. The van der Waals surface area contributed by atoms with Crippen LogP contribution in [0.4, 0.5) is 5.69 Å². The minimum absolute atomic E-state index is 0.0350. The van der Waals surface area contributed by atoms with Crippen LogP contribution < -0.4 is 15.6 Å². The van der Waals surface area contributed by atoms with Gasteiger partial charge in [-0.05, 0) is 51.8 Å². The molecule has 1 aromatic carbocycles. The maximum atomic E-state index is 12.1. The van der Waals surface area contributed by atoms with Crippen molar-refractivity contribution in [3.05, 3.63) is 51.9 Å². The first-order valence-electron chi connectivity index (χ1n) is 8.77. The molecule has 5 nitrogen and oxygen atoms in total. The van der Waals surface area contributed by atoms with Crippen LogP contribution in [0.3, 0.4) is 0 Å². The number of aromatic nitrogens is 1. The van der Waals surface area contributed by atoms with Crippen LogP contribution in [-0.4, -0.2) is 23.3 Å². The number of benzene rings is 1. The van der Waals surface area contributed by atoms with Crippen LogP contribution in [0.25, 0.3) is 10.9 Å². The van der Waals surface area contributed by atoms with Crippen LogP contribution in [0, 0.1) is 0 Å². The lowest BCUT2D eigenvalue weighted by Gasteiger charge is -2.12. The highest BCUT2D eigenvalue weighted by Crippen LogP contribution is 2.32. The summed E-state index contributed by atoms with van der Waals surface area (Å²) in [4.78, 5) is 12.1. The van der Waals surface area contributed by atoms with E-state index in [0.717, 1.165) is 18.5 Å². The van der Waals surface area contributed by atoms with Crippen molar-refractivity contribution in [2.24, 2.45) is 7.05 Å². The number of nitrogens with zero attached hydrogens (tertiary/aromatic N) is 1. The van der Waals surface area contributed by atoms with Gasteiger partial charge in [0.15, 0.2) is 5.75 Å². The molecule has 2 rings (SSSR count). The standard InChI is InChI=1S/C21H28N2O3/c1-14(2)7-6-8-15(3)11-12-22-16-9-10-18-17(13-16)19(24)20(26-5)21(25)23(18)4/h7,9-11,13,22,24H,6,8,12H2,1-5H3/b15-11+. The Morgan fingerprint density at radius 1 is 1.27 bits per heavy atom. The Morgan fingerprint density at radius 2 is 2.00 bits per heavy atom. The number of ether oxygens (including phenoxy) is 1. The fraction of sp³-hybridized carbons (Fsp3) is 0.381. The Labute approximate surface area is 154 Å².